The van der Waals surface area contributed by atoms with Crippen molar-refractivity contribution in [2.75, 3.05) is 44.2 Å². The second-order valence-electron chi connectivity index (χ2n) is 13.8. The van der Waals surface area contributed by atoms with Crippen molar-refractivity contribution in [3.63, 3.8) is 0 Å². The Bertz CT molecular complexity index is 2080. The number of likely N-dealkylation sites (tertiary alicyclic amines) is 1. The smallest absolute Gasteiger partial charge is 0.237 e. The molecule has 50 heavy (non-hydrogen) atoms. The highest BCUT2D eigenvalue weighted by Crippen LogP contribution is 2.42. The predicted molar refractivity (Wildman–Crippen MR) is 189 cm³/mol. The van der Waals surface area contributed by atoms with Crippen LogP contribution in [0.3, 0.4) is 0 Å². The molecule has 2 fully saturated rings. The zero-order valence-electron chi connectivity index (χ0n) is 28.5. The van der Waals surface area contributed by atoms with E-state index in [1.54, 1.807) is 22.1 Å². The van der Waals surface area contributed by atoms with Crippen molar-refractivity contribution in [2.45, 2.75) is 39.2 Å². The minimum absolute atomic E-state index is 0.0331. The summed E-state index contributed by atoms with van der Waals surface area (Å²) in [4.78, 5) is 46.9. The van der Waals surface area contributed by atoms with Gasteiger partial charge < -0.3 is 9.64 Å². The Balaban J connectivity index is 0.889. The van der Waals surface area contributed by atoms with Crippen molar-refractivity contribution in [1.82, 2.24) is 44.7 Å². The van der Waals surface area contributed by atoms with Crippen molar-refractivity contribution in [3.05, 3.63) is 72.7 Å². The van der Waals surface area contributed by atoms with Gasteiger partial charge in [0.25, 0.3) is 0 Å². The first kappa shape index (κ1) is 31.8. The zero-order chi connectivity index (χ0) is 34.4. The number of aryl methyl sites for hydroxylation is 1. The second-order valence-corrected chi connectivity index (χ2v) is 13.8. The molecule has 2 saturated heterocycles. The summed E-state index contributed by atoms with van der Waals surface area (Å²) in [7, 11) is 1.86. The number of hydrogen-bond acceptors (Lipinski definition) is 9. The molecule has 5 aromatic rings. The van der Waals surface area contributed by atoms with Crippen LogP contribution in [-0.4, -0.2) is 102 Å². The molecule has 0 radical (unpaired) electrons. The van der Waals surface area contributed by atoms with Gasteiger partial charge in [-0.2, -0.15) is 10.2 Å². The lowest BCUT2D eigenvalue weighted by atomic mass is 9.85. The number of aromatic nitrogens is 7. The Morgan fingerprint density at radius 2 is 1.78 bits per heavy atom. The summed E-state index contributed by atoms with van der Waals surface area (Å²) in [6.07, 6.45) is 7.88. The molecule has 4 aromatic heterocycles. The van der Waals surface area contributed by atoms with Crippen molar-refractivity contribution < 1.29 is 14.3 Å². The van der Waals surface area contributed by atoms with Crippen LogP contribution in [0.25, 0.3) is 39.3 Å². The molecule has 2 amide bonds. The highest BCUT2D eigenvalue weighted by Gasteiger charge is 2.51. The zero-order valence-corrected chi connectivity index (χ0v) is 28.5. The Hall–Kier alpha value is -5.43. The summed E-state index contributed by atoms with van der Waals surface area (Å²) in [6, 6.07) is 15.8. The minimum atomic E-state index is -0.502. The van der Waals surface area contributed by atoms with E-state index in [0.717, 1.165) is 48.0 Å². The molecular weight excluding hydrogens is 632 g/mol. The molecule has 0 unspecified atom stereocenters. The molecule has 8 rings (SSSR count). The highest BCUT2D eigenvalue weighted by molar-refractivity contribution is 6.01. The summed E-state index contributed by atoms with van der Waals surface area (Å²) in [5.41, 5.74) is 5.83. The maximum absolute atomic E-state index is 14.0. The topological polar surface area (TPSA) is 138 Å². The molecule has 1 N–H and O–H groups in total. The third-order valence-corrected chi connectivity index (χ3v) is 10.0. The average Bonchev–Trinajstić information content (AvgIpc) is 3.92. The largest absolute Gasteiger partial charge is 0.475 e. The number of pyridine rings is 2. The fourth-order valence-electron chi connectivity index (χ4n) is 7.34. The number of benzene rings is 1. The van der Waals surface area contributed by atoms with Gasteiger partial charge in [0.05, 0.1) is 23.6 Å². The van der Waals surface area contributed by atoms with Crippen LogP contribution in [-0.2, 0) is 16.6 Å². The maximum Gasteiger partial charge on any atom is 0.237 e. The van der Waals surface area contributed by atoms with Gasteiger partial charge in [-0.15, -0.1) is 0 Å². The Morgan fingerprint density at radius 3 is 2.50 bits per heavy atom. The monoisotopic (exact) mass is 672 g/mol. The number of aromatic amines is 1. The number of fused-ring (bicyclic) bond motifs is 1. The van der Waals surface area contributed by atoms with E-state index in [1.807, 2.05) is 62.2 Å². The van der Waals surface area contributed by atoms with Gasteiger partial charge in [-0.25, -0.2) is 15.0 Å². The van der Waals surface area contributed by atoms with E-state index in [2.05, 4.69) is 48.4 Å². The first-order chi connectivity index (χ1) is 24.2. The molecule has 0 bridgehead atoms. The summed E-state index contributed by atoms with van der Waals surface area (Å²) < 4.78 is 7.38. The van der Waals surface area contributed by atoms with Crippen LogP contribution in [0.2, 0.25) is 0 Å². The molecule has 3 aliphatic heterocycles. The number of amides is 2. The third-order valence-electron chi connectivity index (χ3n) is 10.0. The first-order valence-corrected chi connectivity index (χ1v) is 17.2. The van der Waals surface area contributed by atoms with Crippen molar-refractivity contribution in [3.8, 4) is 28.5 Å². The van der Waals surface area contributed by atoms with Crippen LogP contribution in [0, 0.1) is 5.41 Å². The van der Waals surface area contributed by atoms with E-state index >= 15 is 0 Å². The number of rotatable bonds is 8. The molecule has 256 valence electrons. The SMILES string of the molecule is CC(C)Oc1ccc(-c2n[nH]c3ccc(N4CC[C@]5(CCN(CC(=O)N6CC=C(c7ccc(-c8ncn(C)n8)cc7)CC6)C5)C4=O)nc23)cn1. The van der Waals surface area contributed by atoms with Gasteiger partial charge in [-0.1, -0.05) is 30.3 Å². The average molecular weight is 673 g/mol. The van der Waals surface area contributed by atoms with Gasteiger partial charge in [-0.05, 0) is 69.0 Å². The van der Waals surface area contributed by atoms with Gasteiger partial charge in [0.2, 0.25) is 17.7 Å². The summed E-state index contributed by atoms with van der Waals surface area (Å²) in [6.45, 7) is 7.39. The quantitative estimate of drug-likeness (QED) is 0.255. The van der Waals surface area contributed by atoms with Gasteiger partial charge >= 0.3 is 0 Å². The molecule has 0 aliphatic carbocycles. The van der Waals surface area contributed by atoms with Gasteiger partial charge in [-0.3, -0.25) is 29.2 Å². The van der Waals surface area contributed by atoms with Crippen molar-refractivity contribution in [2.24, 2.45) is 12.5 Å². The van der Waals surface area contributed by atoms with E-state index in [-0.39, 0.29) is 17.9 Å². The number of carbonyl (C=O) groups excluding carboxylic acids is 2. The van der Waals surface area contributed by atoms with E-state index in [0.29, 0.717) is 61.5 Å². The Labute approximate surface area is 290 Å². The van der Waals surface area contributed by atoms with E-state index in [1.165, 1.54) is 5.57 Å². The molecule has 13 heteroatoms. The van der Waals surface area contributed by atoms with E-state index in [9.17, 15) is 9.59 Å². The molecular formula is C37H40N10O3. The van der Waals surface area contributed by atoms with Crippen LogP contribution in [0.15, 0.2) is 67.1 Å². The molecule has 1 atom stereocenters. The predicted octanol–water partition coefficient (Wildman–Crippen LogP) is 4.35. The number of nitrogens with one attached hydrogen (secondary N) is 1. The first-order valence-electron chi connectivity index (χ1n) is 17.2. The lowest BCUT2D eigenvalue weighted by Gasteiger charge is -2.29. The number of ether oxygens (including phenoxy) is 1. The number of anilines is 1. The van der Waals surface area contributed by atoms with Crippen molar-refractivity contribution >= 4 is 34.2 Å². The van der Waals surface area contributed by atoms with Crippen LogP contribution in [0.4, 0.5) is 5.82 Å². The standard InChI is InChI=1S/C37H40N10O3/c1-24(2)50-31-11-8-28(20-38-31)33-34-29(41-42-33)9-10-30(40-34)47-19-15-37(36(47)49)14-18-45(22-37)21-32(48)46-16-12-26(13-17-46)25-4-6-27(7-5-25)35-39-23-44(3)43-35/h4-12,20,23-24H,13-19,21-22H2,1-3H3,(H,41,42)/t37-/m0/s1. The molecule has 1 aromatic carbocycles. The van der Waals surface area contributed by atoms with Crippen LogP contribution < -0.4 is 9.64 Å². The fraction of sp³-hybridized carbons (Fsp3) is 0.378. The number of carbonyl (C=O) groups is 2. The van der Waals surface area contributed by atoms with Crippen LogP contribution in [0.5, 0.6) is 5.88 Å². The normalized spacial score (nSPS) is 19.7. The molecule has 7 heterocycles. The molecule has 1 spiro atoms. The van der Waals surface area contributed by atoms with Gasteiger partial charge in [0, 0.05) is 56.6 Å². The second kappa shape index (κ2) is 12.8. The molecule has 3 aliphatic rings. The van der Waals surface area contributed by atoms with Crippen LogP contribution in [0.1, 0.15) is 38.7 Å². The van der Waals surface area contributed by atoms with Gasteiger partial charge in [0.15, 0.2) is 5.82 Å². The summed E-state index contributed by atoms with van der Waals surface area (Å²) >= 11 is 0. The minimum Gasteiger partial charge on any atom is -0.475 e. The van der Waals surface area contributed by atoms with Crippen LogP contribution >= 0.6 is 0 Å². The van der Waals surface area contributed by atoms with Gasteiger partial charge in [0.1, 0.15) is 23.4 Å². The maximum atomic E-state index is 14.0. The van der Waals surface area contributed by atoms with E-state index in [4.69, 9.17) is 9.72 Å². The van der Waals surface area contributed by atoms with E-state index < -0.39 is 5.41 Å². The number of nitrogens with zero attached hydrogens (tertiary/aromatic N) is 9. The lowest BCUT2D eigenvalue weighted by Crippen LogP contribution is -2.43. The summed E-state index contributed by atoms with van der Waals surface area (Å²) in [5, 5.41) is 11.9. The Kier molecular flexibility index (Phi) is 8.14. The highest BCUT2D eigenvalue weighted by atomic mass is 16.5. The van der Waals surface area contributed by atoms with Crippen molar-refractivity contribution in [1.29, 1.82) is 0 Å². The summed E-state index contributed by atoms with van der Waals surface area (Å²) in [5.74, 6) is 2.06. The number of H-pyrrole nitrogens is 1. The Morgan fingerprint density at radius 1 is 0.980 bits per heavy atom. The number of hydrogen-bond donors (Lipinski definition) is 1. The molecule has 0 saturated carbocycles. The lowest BCUT2D eigenvalue weighted by molar-refractivity contribution is -0.132. The fourth-order valence-corrected chi connectivity index (χ4v) is 7.34. The molecule has 13 nitrogen and oxygen atoms in total. The third kappa shape index (κ3) is 6.02.